The molecular formula is C18H33N9O2. The number of aromatic nitrogens is 5. The van der Waals surface area contributed by atoms with Crippen molar-refractivity contribution in [2.75, 3.05) is 62.0 Å². The lowest BCUT2D eigenvalue weighted by Gasteiger charge is -2.13. The van der Waals surface area contributed by atoms with Crippen molar-refractivity contribution in [3.05, 3.63) is 18.7 Å². The van der Waals surface area contributed by atoms with Crippen molar-refractivity contribution in [3.63, 3.8) is 0 Å². The molecule has 0 radical (unpaired) electrons. The highest BCUT2D eigenvalue weighted by molar-refractivity contribution is 5.42. The number of hydrogen-bond acceptors (Lipinski definition) is 10. The van der Waals surface area contributed by atoms with Crippen molar-refractivity contribution < 1.29 is 9.47 Å². The third-order valence-electron chi connectivity index (χ3n) is 3.65. The van der Waals surface area contributed by atoms with Crippen molar-refractivity contribution in [3.8, 4) is 0 Å². The van der Waals surface area contributed by atoms with Gasteiger partial charge in [0, 0.05) is 44.6 Å². The van der Waals surface area contributed by atoms with Gasteiger partial charge in [-0.3, -0.25) is 0 Å². The van der Waals surface area contributed by atoms with E-state index in [0.717, 1.165) is 19.5 Å². The zero-order valence-electron chi connectivity index (χ0n) is 17.3. The summed E-state index contributed by atoms with van der Waals surface area (Å²) in [6.45, 7) is 8.96. The van der Waals surface area contributed by atoms with Crippen molar-refractivity contribution in [1.82, 2.24) is 24.5 Å². The molecule has 0 saturated heterocycles. The van der Waals surface area contributed by atoms with Crippen molar-refractivity contribution in [1.29, 1.82) is 0 Å². The van der Waals surface area contributed by atoms with E-state index in [1.165, 1.54) is 0 Å². The predicted molar refractivity (Wildman–Crippen MR) is 113 cm³/mol. The molecule has 2 rings (SSSR count). The molecule has 0 spiro atoms. The highest BCUT2D eigenvalue weighted by Crippen LogP contribution is 2.10. The number of nitrogens with one attached hydrogen (secondary N) is 3. The molecule has 0 saturated carbocycles. The maximum atomic E-state index is 5.50. The lowest BCUT2D eigenvalue weighted by atomic mass is 10.4. The summed E-state index contributed by atoms with van der Waals surface area (Å²) in [5.74, 6) is 1.57. The van der Waals surface area contributed by atoms with Crippen molar-refractivity contribution >= 4 is 17.8 Å². The Hall–Kier alpha value is -2.50. The van der Waals surface area contributed by atoms with E-state index in [-0.39, 0.29) is 6.04 Å². The van der Waals surface area contributed by atoms with E-state index in [1.807, 2.05) is 30.9 Å². The fourth-order valence-corrected chi connectivity index (χ4v) is 2.38. The molecule has 11 nitrogen and oxygen atoms in total. The topological polar surface area (TPSA) is 137 Å². The summed E-state index contributed by atoms with van der Waals surface area (Å²) in [5.41, 5.74) is 5.36. The second kappa shape index (κ2) is 13.6. The van der Waals surface area contributed by atoms with E-state index in [1.54, 1.807) is 6.20 Å². The number of rotatable bonds is 16. The predicted octanol–water partition coefficient (Wildman–Crippen LogP) is 0.794. The van der Waals surface area contributed by atoms with Crippen LogP contribution in [-0.2, 0) is 16.0 Å². The fourth-order valence-electron chi connectivity index (χ4n) is 2.38. The van der Waals surface area contributed by atoms with E-state index in [4.69, 9.17) is 15.2 Å². The second-order valence-corrected chi connectivity index (χ2v) is 6.63. The first-order valence-electron chi connectivity index (χ1n) is 9.99. The molecule has 0 aromatic carbocycles. The van der Waals surface area contributed by atoms with Gasteiger partial charge in [-0.25, -0.2) is 4.98 Å². The molecular weight excluding hydrogens is 374 g/mol. The van der Waals surface area contributed by atoms with E-state index in [0.29, 0.717) is 57.4 Å². The van der Waals surface area contributed by atoms with Gasteiger partial charge in [0.25, 0.3) is 0 Å². The smallest absolute Gasteiger partial charge is 0.229 e. The molecule has 29 heavy (non-hydrogen) atoms. The van der Waals surface area contributed by atoms with E-state index >= 15 is 0 Å². The Morgan fingerprint density at radius 1 is 0.966 bits per heavy atom. The van der Waals surface area contributed by atoms with E-state index < -0.39 is 0 Å². The van der Waals surface area contributed by atoms with Gasteiger partial charge in [0.2, 0.25) is 17.8 Å². The summed E-state index contributed by atoms with van der Waals surface area (Å²) in [6.07, 6.45) is 6.46. The summed E-state index contributed by atoms with van der Waals surface area (Å²) >= 11 is 0. The lowest BCUT2D eigenvalue weighted by Crippen LogP contribution is -2.19. The third kappa shape index (κ3) is 10.0. The molecule has 0 bridgehead atoms. The molecule has 0 amide bonds. The maximum Gasteiger partial charge on any atom is 0.229 e. The molecule has 0 fully saturated rings. The zero-order chi connectivity index (χ0) is 20.7. The molecule has 2 aromatic heterocycles. The van der Waals surface area contributed by atoms with Gasteiger partial charge in [0.05, 0.1) is 32.8 Å². The van der Waals surface area contributed by atoms with Crippen LogP contribution in [0.15, 0.2) is 18.7 Å². The molecule has 162 valence electrons. The Morgan fingerprint density at radius 3 is 2.31 bits per heavy atom. The van der Waals surface area contributed by atoms with E-state index in [9.17, 15) is 0 Å². The van der Waals surface area contributed by atoms with Crippen LogP contribution in [0, 0.1) is 0 Å². The lowest BCUT2D eigenvalue weighted by molar-refractivity contribution is 0.0547. The van der Waals surface area contributed by atoms with Gasteiger partial charge in [-0.05, 0) is 20.3 Å². The molecule has 5 N–H and O–H groups in total. The van der Waals surface area contributed by atoms with Crippen LogP contribution >= 0.6 is 0 Å². The van der Waals surface area contributed by atoms with E-state index in [2.05, 4.69) is 35.9 Å². The first-order chi connectivity index (χ1) is 14.2. The van der Waals surface area contributed by atoms with Crippen molar-refractivity contribution in [2.24, 2.45) is 5.73 Å². The van der Waals surface area contributed by atoms with Crippen LogP contribution in [0.3, 0.4) is 0 Å². The minimum Gasteiger partial charge on any atom is -0.378 e. The van der Waals surface area contributed by atoms with Crippen molar-refractivity contribution in [2.45, 2.75) is 32.9 Å². The fraction of sp³-hybridized carbons (Fsp3) is 0.667. The Bertz CT molecular complexity index is 667. The first kappa shape index (κ1) is 22.8. The first-order valence-corrected chi connectivity index (χ1v) is 9.99. The number of anilines is 3. The Labute approximate surface area is 171 Å². The molecule has 2 heterocycles. The number of aryl methyl sites for hydroxylation is 1. The van der Waals surface area contributed by atoms with Crippen LogP contribution in [0.5, 0.6) is 0 Å². The third-order valence-corrected chi connectivity index (χ3v) is 3.65. The summed E-state index contributed by atoms with van der Waals surface area (Å²) in [6, 6.07) is 0.219. The van der Waals surface area contributed by atoms with Gasteiger partial charge < -0.3 is 35.7 Å². The van der Waals surface area contributed by atoms with Gasteiger partial charge in [-0.1, -0.05) is 0 Å². The molecule has 0 unspecified atom stereocenters. The Kier molecular flexibility index (Phi) is 10.7. The molecule has 2 aromatic rings. The van der Waals surface area contributed by atoms with Gasteiger partial charge in [0.1, 0.15) is 0 Å². The van der Waals surface area contributed by atoms with Crippen LogP contribution < -0.4 is 21.7 Å². The normalized spacial score (nSPS) is 11.0. The number of nitrogens with two attached hydrogens (primary N) is 1. The Morgan fingerprint density at radius 2 is 1.66 bits per heavy atom. The molecule has 0 aliphatic heterocycles. The molecule has 0 aliphatic carbocycles. The number of ether oxygens (including phenoxy) is 2. The van der Waals surface area contributed by atoms with Crippen LogP contribution in [0.2, 0.25) is 0 Å². The standard InChI is InChI=1S/C18H33N9O2/c1-15(2)23-18-25-16(21-5-3-8-27-9-6-20-14-27)24-17(26-18)22-7-11-29-13-12-28-10-4-19/h6,9,14-15H,3-5,7-8,10-13,19H2,1-2H3,(H3,21,22,23,24,25,26). The van der Waals surface area contributed by atoms with Gasteiger partial charge >= 0.3 is 0 Å². The largest absolute Gasteiger partial charge is 0.378 e. The molecule has 0 atom stereocenters. The summed E-state index contributed by atoms with van der Waals surface area (Å²) in [4.78, 5) is 17.3. The molecule has 0 aliphatic rings. The van der Waals surface area contributed by atoms with Gasteiger partial charge in [0.15, 0.2) is 0 Å². The highest BCUT2D eigenvalue weighted by Gasteiger charge is 2.07. The summed E-state index contributed by atoms with van der Waals surface area (Å²) < 4.78 is 12.8. The summed E-state index contributed by atoms with van der Waals surface area (Å²) in [5, 5.41) is 9.65. The molecule has 11 heteroatoms. The Balaban J connectivity index is 1.77. The highest BCUT2D eigenvalue weighted by atomic mass is 16.5. The minimum absolute atomic E-state index is 0.219. The average Bonchev–Trinajstić information content (AvgIpc) is 3.20. The summed E-state index contributed by atoms with van der Waals surface area (Å²) in [7, 11) is 0. The number of imidazole rings is 1. The van der Waals surface area contributed by atoms with Gasteiger partial charge in [-0.2, -0.15) is 15.0 Å². The van der Waals surface area contributed by atoms with Crippen LogP contribution in [0.25, 0.3) is 0 Å². The maximum absolute atomic E-state index is 5.50. The van der Waals surface area contributed by atoms with Crippen LogP contribution in [0.1, 0.15) is 20.3 Å². The minimum atomic E-state index is 0.219. The zero-order valence-corrected chi connectivity index (χ0v) is 17.3. The van der Waals surface area contributed by atoms with Crippen LogP contribution in [-0.4, -0.2) is 76.6 Å². The average molecular weight is 408 g/mol. The SMILES string of the molecule is CC(C)Nc1nc(NCCCn2ccnc2)nc(NCCOCCOCCN)n1. The van der Waals surface area contributed by atoms with Gasteiger partial charge in [-0.15, -0.1) is 0 Å². The number of nitrogens with zero attached hydrogens (tertiary/aromatic N) is 5. The number of hydrogen-bond donors (Lipinski definition) is 4. The monoisotopic (exact) mass is 407 g/mol. The second-order valence-electron chi connectivity index (χ2n) is 6.63. The van der Waals surface area contributed by atoms with Crippen LogP contribution in [0.4, 0.5) is 17.8 Å². The quantitative estimate of drug-likeness (QED) is 0.296.